The molecule has 19 heavy (non-hydrogen) atoms. The van der Waals surface area contributed by atoms with Gasteiger partial charge in [0.15, 0.2) is 0 Å². The summed E-state index contributed by atoms with van der Waals surface area (Å²) in [4.78, 5) is 25.9. The summed E-state index contributed by atoms with van der Waals surface area (Å²) >= 11 is 5.76. The van der Waals surface area contributed by atoms with Gasteiger partial charge >= 0.3 is 0 Å². The summed E-state index contributed by atoms with van der Waals surface area (Å²) in [5.74, 6) is -0.480. The molecule has 5 heteroatoms. The molecule has 0 aliphatic carbocycles. The fourth-order valence-corrected chi connectivity index (χ4v) is 1.81. The number of rotatable bonds is 2. The van der Waals surface area contributed by atoms with Gasteiger partial charge in [0.2, 0.25) is 0 Å². The Morgan fingerprint density at radius 3 is 2.63 bits per heavy atom. The molecule has 1 heterocycles. The van der Waals surface area contributed by atoms with Crippen LogP contribution in [0.25, 0.3) is 0 Å². The minimum absolute atomic E-state index is 0.00859. The van der Waals surface area contributed by atoms with Crippen molar-refractivity contribution in [2.75, 3.05) is 5.32 Å². The van der Waals surface area contributed by atoms with E-state index in [1.54, 1.807) is 6.07 Å². The second-order valence-corrected chi connectivity index (χ2v) is 4.75. The van der Waals surface area contributed by atoms with E-state index in [9.17, 15) is 9.59 Å². The number of aryl methyl sites for hydroxylation is 2. The van der Waals surface area contributed by atoms with Gasteiger partial charge in [0.25, 0.3) is 11.5 Å². The van der Waals surface area contributed by atoms with Crippen LogP contribution in [-0.4, -0.2) is 10.9 Å². The van der Waals surface area contributed by atoms with Crippen LogP contribution in [0.5, 0.6) is 0 Å². The van der Waals surface area contributed by atoms with Crippen molar-refractivity contribution in [3.8, 4) is 0 Å². The van der Waals surface area contributed by atoms with Gasteiger partial charge in [-0.25, -0.2) is 0 Å². The highest BCUT2D eigenvalue weighted by molar-refractivity contribution is 6.30. The standard InChI is InChI=1S/C14H13ClN2O2/c1-8-3-4-11(5-9(8)2)17-14(19)12-6-10(15)7-16-13(12)18/h3-7H,1-2H3,(H,16,18)(H,17,19). The normalized spacial score (nSPS) is 10.3. The quantitative estimate of drug-likeness (QED) is 0.886. The molecule has 0 atom stereocenters. The fraction of sp³-hybridized carbons (Fsp3) is 0.143. The SMILES string of the molecule is Cc1ccc(NC(=O)c2cc(Cl)c[nH]c2=O)cc1C. The van der Waals surface area contributed by atoms with E-state index in [4.69, 9.17) is 11.6 Å². The zero-order valence-electron chi connectivity index (χ0n) is 10.6. The number of hydrogen-bond donors (Lipinski definition) is 2. The molecular formula is C14H13ClN2O2. The molecule has 0 aliphatic rings. The van der Waals surface area contributed by atoms with Gasteiger partial charge in [0.05, 0.1) is 5.02 Å². The number of carbonyl (C=O) groups excluding carboxylic acids is 1. The number of aromatic nitrogens is 1. The van der Waals surface area contributed by atoms with E-state index in [1.807, 2.05) is 26.0 Å². The lowest BCUT2D eigenvalue weighted by Crippen LogP contribution is -2.22. The number of pyridine rings is 1. The number of anilines is 1. The van der Waals surface area contributed by atoms with Crippen molar-refractivity contribution < 1.29 is 4.79 Å². The highest BCUT2D eigenvalue weighted by Crippen LogP contribution is 2.15. The number of benzene rings is 1. The molecular weight excluding hydrogens is 264 g/mol. The average molecular weight is 277 g/mol. The van der Waals surface area contributed by atoms with Gasteiger partial charge in [-0.05, 0) is 43.2 Å². The van der Waals surface area contributed by atoms with Crippen molar-refractivity contribution in [3.05, 3.63) is 62.5 Å². The first kappa shape index (κ1) is 13.4. The third-order valence-electron chi connectivity index (χ3n) is 2.88. The summed E-state index contributed by atoms with van der Waals surface area (Å²) in [5.41, 5.74) is 2.38. The maximum absolute atomic E-state index is 12.0. The third kappa shape index (κ3) is 3.03. The number of nitrogens with one attached hydrogen (secondary N) is 2. The molecule has 4 nitrogen and oxygen atoms in total. The Labute approximate surface area is 115 Å². The molecule has 0 spiro atoms. The molecule has 1 aromatic heterocycles. The highest BCUT2D eigenvalue weighted by Gasteiger charge is 2.11. The summed E-state index contributed by atoms with van der Waals surface area (Å²) in [5, 5.41) is 2.99. The van der Waals surface area contributed by atoms with E-state index >= 15 is 0 Å². The summed E-state index contributed by atoms with van der Waals surface area (Å²) < 4.78 is 0. The Bertz CT molecular complexity index is 692. The van der Waals surface area contributed by atoms with E-state index in [1.165, 1.54) is 12.3 Å². The van der Waals surface area contributed by atoms with Crippen molar-refractivity contribution >= 4 is 23.2 Å². The van der Waals surface area contributed by atoms with E-state index in [2.05, 4.69) is 10.3 Å². The van der Waals surface area contributed by atoms with E-state index in [-0.39, 0.29) is 5.56 Å². The molecule has 0 saturated heterocycles. The van der Waals surface area contributed by atoms with Crippen molar-refractivity contribution in [2.45, 2.75) is 13.8 Å². The number of hydrogen-bond acceptors (Lipinski definition) is 2. The monoisotopic (exact) mass is 276 g/mol. The first-order valence-corrected chi connectivity index (χ1v) is 6.12. The summed E-state index contributed by atoms with van der Waals surface area (Å²) in [6.45, 7) is 3.94. The topological polar surface area (TPSA) is 62.0 Å². The number of amides is 1. The lowest BCUT2D eigenvalue weighted by Gasteiger charge is -2.07. The van der Waals surface area contributed by atoms with Crippen LogP contribution < -0.4 is 10.9 Å². The Kier molecular flexibility index (Phi) is 3.71. The molecule has 0 radical (unpaired) electrons. The molecule has 98 valence electrons. The largest absolute Gasteiger partial charge is 0.327 e. The van der Waals surface area contributed by atoms with Crippen LogP contribution in [0, 0.1) is 13.8 Å². The maximum atomic E-state index is 12.0. The molecule has 0 aliphatic heterocycles. The van der Waals surface area contributed by atoms with Crippen LogP contribution >= 0.6 is 11.6 Å². The van der Waals surface area contributed by atoms with Gasteiger partial charge in [0.1, 0.15) is 5.56 Å². The van der Waals surface area contributed by atoms with Gasteiger partial charge in [-0.15, -0.1) is 0 Å². The van der Waals surface area contributed by atoms with Gasteiger partial charge < -0.3 is 10.3 Å². The summed E-state index contributed by atoms with van der Waals surface area (Å²) in [6.07, 6.45) is 1.34. The van der Waals surface area contributed by atoms with Gasteiger partial charge in [-0.1, -0.05) is 17.7 Å². The van der Waals surface area contributed by atoms with Crippen molar-refractivity contribution in [1.82, 2.24) is 4.98 Å². The molecule has 1 amide bonds. The van der Waals surface area contributed by atoms with Crippen LogP contribution in [0.4, 0.5) is 5.69 Å². The van der Waals surface area contributed by atoms with Crippen LogP contribution in [0.15, 0.2) is 35.3 Å². The second-order valence-electron chi connectivity index (χ2n) is 4.31. The van der Waals surface area contributed by atoms with Gasteiger partial charge in [-0.2, -0.15) is 0 Å². The van der Waals surface area contributed by atoms with Crippen LogP contribution in [0.3, 0.4) is 0 Å². The second kappa shape index (κ2) is 5.28. The van der Waals surface area contributed by atoms with Crippen molar-refractivity contribution in [2.24, 2.45) is 0 Å². The first-order valence-electron chi connectivity index (χ1n) is 5.74. The average Bonchev–Trinajstić information content (AvgIpc) is 2.36. The summed E-state index contributed by atoms with van der Waals surface area (Å²) in [7, 11) is 0. The van der Waals surface area contributed by atoms with Crippen LogP contribution in [0.1, 0.15) is 21.5 Å². The maximum Gasteiger partial charge on any atom is 0.261 e. The number of aromatic amines is 1. The van der Waals surface area contributed by atoms with Crippen molar-refractivity contribution in [3.63, 3.8) is 0 Å². The van der Waals surface area contributed by atoms with E-state index in [0.29, 0.717) is 10.7 Å². The van der Waals surface area contributed by atoms with E-state index < -0.39 is 11.5 Å². The molecule has 0 bridgehead atoms. The minimum Gasteiger partial charge on any atom is -0.327 e. The number of carbonyl (C=O) groups is 1. The highest BCUT2D eigenvalue weighted by atomic mass is 35.5. The predicted octanol–water partition coefficient (Wildman–Crippen LogP) is 2.90. The summed E-state index contributed by atoms with van der Waals surface area (Å²) in [6, 6.07) is 6.90. The minimum atomic E-state index is -0.480. The Morgan fingerprint density at radius 1 is 1.21 bits per heavy atom. The zero-order valence-corrected chi connectivity index (χ0v) is 11.3. The van der Waals surface area contributed by atoms with Gasteiger partial charge in [-0.3, -0.25) is 9.59 Å². The van der Waals surface area contributed by atoms with Crippen LogP contribution in [0.2, 0.25) is 5.02 Å². The first-order chi connectivity index (χ1) is 8.97. The fourth-order valence-electron chi connectivity index (χ4n) is 1.64. The number of H-pyrrole nitrogens is 1. The molecule has 2 N–H and O–H groups in total. The third-order valence-corrected chi connectivity index (χ3v) is 3.10. The van der Waals surface area contributed by atoms with Gasteiger partial charge in [0, 0.05) is 11.9 Å². The van der Waals surface area contributed by atoms with Crippen LogP contribution in [-0.2, 0) is 0 Å². The Hall–Kier alpha value is -2.07. The molecule has 2 rings (SSSR count). The van der Waals surface area contributed by atoms with E-state index in [0.717, 1.165) is 11.1 Å². The number of halogens is 1. The lowest BCUT2D eigenvalue weighted by atomic mass is 10.1. The molecule has 0 fully saturated rings. The Balaban J connectivity index is 2.28. The molecule has 0 unspecified atom stereocenters. The zero-order chi connectivity index (χ0) is 14.0. The van der Waals surface area contributed by atoms with Crippen molar-refractivity contribution in [1.29, 1.82) is 0 Å². The molecule has 0 saturated carbocycles. The molecule has 2 aromatic rings. The Morgan fingerprint density at radius 2 is 1.95 bits per heavy atom. The molecule has 1 aromatic carbocycles. The smallest absolute Gasteiger partial charge is 0.261 e. The lowest BCUT2D eigenvalue weighted by molar-refractivity contribution is 0.102. The predicted molar refractivity (Wildman–Crippen MR) is 75.9 cm³/mol.